The first kappa shape index (κ1) is 51.4. The molecule has 2 aliphatic rings. The van der Waals surface area contributed by atoms with Gasteiger partial charge in [0.1, 0.15) is 40.9 Å². The number of rotatable bonds is 12. The first-order valence-corrected chi connectivity index (χ1v) is 25.9. The van der Waals surface area contributed by atoms with E-state index < -0.39 is 164 Å². The topological polar surface area (TPSA) is 183 Å². The largest absolute Gasteiger partial charge is 0.435 e. The lowest BCUT2D eigenvalue weighted by Crippen LogP contribution is -2.36. The second-order valence-electron chi connectivity index (χ2n) is 17.2. The third-order valence-electron chi connectivity index (χ3n) is 11.6. The van der Waals surface area contributed by atoms with E-state index in [1.54, 1.807) is 0 Å². The summed E-state index contributed by atoms with van der Waals surface area (Å²) in [5.74, 6) is -7.21. The van der Waals surface area contributed by atoms with Gasteiger partial charge in [-0.25, -0.2) is 39.0 Å². The maximum absolute atomic E-state index is 15.8. The number of anilines is 1. The van der Waals surface area contributed by atoms with Crippen molar-refractivity contribution in [2.24, 2.45) is 11.8 Å². The summed E-state index contributed by atoms with van der Waals surface area (Å²) in [5.41, 5.74) is -6.12. The number of sulfone groups is 1. The number of carbonyl (C=O) groups is 1. The van der Waals surface area contributed by atoms with E-state index in [2.05, 4.69) is 32.3 Å². The molecule has 1 fully saturated rings. The molecule has 4 atom stereocenters. The molecule has 1 saturated carbocycles. The number of sulfonamides is 2. The Bertz CT molecular complexity index is 3330. The molecule has 69 heavy (non-hydrogen) atoms. The molecule has 0 radical (unpaired) electrons. The van der Waals surface area contributed by atoms with Crippen LogP contribution in [0.1, 0.15) is 66.6 Å². The van der Waals surface area contributed by atoms with Crippen LogP contribution >= 0.6 is 11.6 Å². The van der Waals surface area contributed by atoms with E-state index in [1.807, 2.05) is 0 Å². The van der Waals surface area contributed by atoms with Gasteiger partial charge in [-0.3, -0.25) is 14.2 Å². The number of alkyl halides is 8. The molecule has 372 valence electrons. The van der Waals surface area contributed by atoms with Crippen molar-refractivity contribution < 1.29 is 74.0 Å². The van der Waals surface area contributed by atoms with Gasteiger partial charge in [-0.15, -0.1) is 3.71 Å². The van der Waals surface area contributed by atoms with Crippen LogP contribution in [0.15, 0.2) is 42.5 Å². The molecule has 14 nitrogen and oxygen atoms in total. The smallest absolute Gasteiger partial charge is 0.346 e. The summed E-state index contributed by atoms with van der Waals surface area (Å²) in [5, 5.41) is 8.32. The van der Waals surface area contributed by atoms with Crippen LogP contribution in [0.25, 0.3) is 22.0 Å². The zero-order valence-electron chi connectivity index (χ0n) is 36.4. The molecule has 0 saturated heterocycles. The van der Waals surface area contributed by atoms with Crippen LogP contribution < -0.4 is 9.03 Å². The third-order valence-corrected chi connectivity index (χ3v) is 17.0. The summed E-state index contributed by atoms with van der Waals surface area (Å²) in [6.07, 6.45) is -9.41. The fourth-order valence-corrected chi connectivity index (χ4v) is 11.8. The Morgan fingerprint density at radius 2 is 1.49 bits per heavy atom. The molecular weight excluding hydrogens is 1020 g/mol. The van der Waals surface area contributed by atoms with Crippen LogP contribution in [0.3, 0.4) is 0 Å². The van der Waals surface area contributed by atoms with E-state index in [4.69, 9.17) is 11.6 Å². The number of hydrogen-bond acceptors (Lipinski definition) is 10. The van der Waals surface area contributed by atoms with Crippen LogP contribution in [-0.2, 0) is 66.3 Å². The van der Waals surface area contributed by atoms with Crippen molar-refractivity contribution in [3.63, 3.8) is 0 Å². The van der Waals surface area contributed by atoms with Crippen molar-refractivity contribution in [2.75, 3.05) is 22.5 Å². The lowest BCUT2D eigenvalue weighted by molar-refractivity contribution is -0.143. The average Bonchev–Trinajstić information content (AvgIpc) is 3.38. The second kappa shape index (κ2) is 16.9. The number of nitrogens with zero attached hydrogens (tertiary/aromatic N) is 6. The van der Waals surface area contributed by atoms with Gasteiger partial charge < -0.3 is 5.32 Å². The molecule has 7 rings (SSSR count). The van der Waals surface area contributed by atoms with Crippen molar-refractivity contribution in [1.29, 1.82) is 0 Å². The second-order valence-corrected chi connectivity index (χ2v) is 24.1. The predicted octanol–water partition coefficient (Wildman–Crippen LogP) is 7.26. The van der Waals surface area contributed by atoms with Crippen molar-refractivity contribution in [2.45, 2.75) is 75.3 Å². The van der Waals surface area contributed by atoms with Gasteiger partial charge in [-0.2, -0.15) is 45.3 Å². The van der Waals surface area contributed by atoms with Crippen LogP contribution in [0, 0.1) is 35.3 Å². The van der Waals surface area contributed by atoms with Crippen molar-refractivity contribution >= 4 is 64.1 Å². The number of fused-ring (bicyclic) bond motifs is 4. The summed E-state index contributed by atoms with van der Waals surface area (Å²) in [6, 6.07) is 4.56. The summed E-state index contributed by atoms with van der Waals surface area (Å²) in [4.78, 5) is 18.6. The highest BCUT2D eigenvalue weighted by Gasteiger charge is 2.72. The van der Waals surface area contributed by atoms with Gasteiger partial charge in [-0.1, -0.05) is 30.5 Å². The van der Waals surface area contributed by atoms with Gasteiger partial charge >= 0.3 is 12.4 Å². The summed E-state index contributed by atoms with van der Waals surface area (Å²) < 4.78 is 222. The minimum Gasteiger partial charge on any atom is -0.346 e. The molecule has 3 heterocycles. The molecule has 1 amide bonds. The Balaban J connectivity index is 1.50. The number of pyridine rings is 1. The Hall–Kier alpha value is -5.46. The van der Waals surface area contributed by atoms with Crippen LogP contribution in [0.5, 0.6) is 0 Å². The summed E-state index contributed by atoms with van der Waals surface area (Å²) >= 11 is 6.50. The van der Waals surface area contributed by atoms with E-state index in [1.165, 1.54) is 20.8 Å². The normalized spacial score (nSPS) is 18.6. The van der Waals surface area contributed by atoms with Crippen molar-refractivity contribution in [3.05, 3.63) is 93.0 Å². The molecule has 1 unspecified atom stereocenters. The minimum atomic E-state index is -5.24. The highest BCUT2D eigenvalue weighted by Crippen LogP contribution is 2.71. The molecule has 3 aromatic heterocycles. The fourth-order valence-electron chi connectivity index (χ4n) is 8.44. The first-order valence-electron chi connectivity index (χ1n) is 19.9. The third kappa shape index (κ3) is 9.85. The number of hydrogen-bond donors (Lipinski definition) is 1. The molecule has 28 heteroatoms. The van der Waals surface area contributed by atoms with E-state index in [9.17, 15) is 65.2 Å². The maximum Gasteiger partial charge on any atom is 0.435 e. The van der Waals surface area contributed by atoms with Crippen LogP contribution in [-0.4, -0.2) is 85.4 Å². The molecule has 5 aromatic rings. The zero-order chi connectivity index (χ0) is 51.5. The van der Waals surface area contributed by atoms with Crippen molar-refractivity contribution in [1.82, 2.24) is 29.9 Å². The van der Waals surface area contributed by atoms with E-state index in [0.717, 1.165) is 42.7 Å². The number of amides is 1. The molecule has 0 bridgehead atoms. The highest BCUT2D eigenvalue weighted by molar-refractivity contribution is 8.09. The van der Waals surface area contributed by atoms with Gasteiger partial charge in [0.05, 0.1) is 40.2 Å². The Morgan fingerprint density at radius 1 is 0.899 bits per heavy atom. The zero-order valence-corrected chi connectivity index (χ0v) is 39.6. The summed E-state index contributed by atoms with van der Waals surface area (Å²) in [6.45, 7) is 0.451. The first-order chi connectivity index (χ1) is 31.4. The lowest BCUT2D eigenvalue weighted by Gasteiger charge is -2.23. The average molecular weight is 1060 g/mol. The minimum absolute atomic E-state index is 0.180. The molecule has 1 N–H and O–H groups in total. The SMILES string of the molecule is C[C@H]1C2[C@H]1c1c(C(F)(F)F)nn(CC(=O)N[C@@H](Cc3cc(F)cc(F)c3)c3nc(C#CC(C)(C)S(C)(=O)=O)ccc3-c3ccc(Cl)c4c(N(S(C)(=O)=O)S(C)(=O)=O)nn(CC(F)(F)F)c34)c1C2(F)F. The van der Waals surface area contributed by atoms with E-state index >= 15 is 8.78 Å². The van der Waals surface area contributed by atoms with Crippen LogP contribution in [0.2, 0.25) is 5.02 Å². The van der Waals surface area contributed by atoms with E-state index in [-0.39, 0.29) is 29.9 Å². The Kier molecular flexibility index (Phi) is 12.6. The number of carbonyl (C=O) groups excluding carboxylic acids is 1. The number of nitrogens with one attached hydrogen (secondary N) is 1. The maximum atomic E-state index is 15.8. The lowest BCUT2D eigenvalue weighted by atomic mass is 9.93. The van der Waals surface area contributed by atoms with Gasteiger partial charge in [0.2, 0.25) is 26.0 Å². The highest BCUT2D eigenvalue weighted by atomic mass is 35.5. The summed E-state index contributed by atoms with van der Waals surface area (Å²) in [7, 11) is -13.7. The quantitative estimate of drug-likeness (QED) is 0.0986. The molecular formula is C41H36ClF10N7O7S3. The van der Waals surface area contributed by atoms with Gasteiger partial charge in [-0.05, 0) is 68.0 Å². The molecule has 0 spiro atoms. The van der Waals surface area contributed by atoms with Crippen molar-refractivity contribution in [3.8, 4) is 23.0 Å². The van der Waals surface area contributed by atoms with Crippen LogP contribution in [0.4, 0.5) is 49.7 Å². The van der Waals surface area contributed by atoms with Gasteiger partial charge in [0.25, 0.3) is 5.92 Å². The van der Waals surface area contributed by atoms with E-state index in [0.29, 0.717) is 18.6 Å². The Morgan fingerprint density at radius 3 is 2.04 bits per heavy atom. The molecule has 2 aromatic carbocycles. The molecule has 2 aliphatic carbocycles. The number of aromatic nitrogens is 5. The van der Waals surface area contributed by atoms with Gasteiger partial charge in [0, 0.05) is 40.8 Å². The van der Waals surface area contributed by atoms with Gasteiger partial charge in [0.15, 0.2) is 21.3 Å². The molecule has 0 aliphatic heterocycles. The number of benzene rings is 2. The fraction of sp³-hybridized carbons (Fsp3) is 0.415. The number of halogens is 11. The Labute approximate surface area is 392 Å². The predicted molar refractivity (Wildman–Crippen MR) is 229 cm³/mol. The standard InChI is InChI=1S/C41H36ClF10N7O7S3/c1-19-29-31-35(41(50,51)52)55-57(36(31)40(48,49)32(19)29)17-28(60)54-27(15-20-13-21(43)16-22(44)14-20)33-24(8-7-23(53-33)11-12-38(2,3)67(4,61)62)25-9-10-26(42)30-34(25)58(18-39(45,46)47)56-37(30)59(68(5,63)64)69(6,65)66/h7-10,13-14,16,19,27,29,32H,15,17-18H2,1-6H3,(H,54,60)/t19-,27+,29-,32?/m1/s1. The monoisotopic (exact) mass is 1060 g/mol.